The maximum absolute atomic E-state index is 11.5. The second-order valence-corrected chi connectivity index (χ2v) is 4.95. The van der Waals surface area contributed by atoms with Crippen LogP contribution in [0.1, 0.15) is 65.2 Å². The van der Waals surface area contributed by atoms with Gasteiger partial charge < -0.3 is 9.47 Å². The van der Waals surface area contributed by atoms with E-state index in [1.165, 1.54) is 0 Å². The van der Waals surface area contributed by atoms with Gasteiger partial charge in [0.15, 0.2) is 0 Å². The van der Waals surface area contributed by atoms with Crippen molar-refractivity contribution in [2.45, 2.75) is 71.3 Å². The van der Waals surface area contributed by atoms with Crippen LogP contribution in [0.4, 0.5) is 0 Å². The van der Waals surface area contributed by atoms with Gasteiger partial charge in [0.25, 0.3) is 0 Å². The van der Waals surface area contributed by atoms with Crippen LogP contribution in [0.25, 0.3) is 0 Å². The molecule has 0 aromatic carbocycles. The molecule has 0 amide bonds. The van der Waals surface area contributed by atoms with E-state index in [4.69, 9.17) is 9.47 Å². The lowest BCUT2D eigenvalue weighted by Gasteiger charge is -2.12. The smallest absolute Gasteiger partial charge is 0.306 e. The molecule has 0 aromatic rings. The number of unbranched alkanes of at least 4 members (excludes halogenated alkanes) is 3. The molecule has 1 unspecified atom stereocenters. The third-order valence-electron chi connectivity index (χ3n) is 2.90. The highest BCUT2D eigenvalue weighted by Gasteiger charge is 2.12. The maximum Gasteiger partial charge on any atom is 0.306 e. The fraction of sp³-hybridized carbons (Fsp3) is 0.750. The van der Waals surface area contributed by atoms with Crippen molar-refractivity contribution < 1.29 is 19.1 Å². The van der Waals surface area contributed by atoms with Gasteiger partial charge in [0.2, 0.25) is 0 Å². The predicted octanol–water partition coefficient (Wildman–Crippen LogP) is 3.79. The number of carbonyl (C=O) groups is 2. The monoisotopic (exact) mass is 284 g/mol. The van der Waals surface area contributed by atoms with Gasteiger partial charge in [0.05, 0.1) is 25.6 Å². The average molecular weight is 284 g/mol. The molecule has 0 radical (unpaired) electrons. The second kappa shape index (κ2) is 12.7. The highest BCUT2D eigenvalue weighted by Crippen LogP contribution is 2.08. The van der Waals surface area contributed by atoms with E-state index >= 15 is 0 Å². The summed E-state index contributed by atoms with van der Waals surface area (Å²) in [6, 6.07) is 0. The number of ether oxygens (including phenoxy) is 2. The van der Waals surface area contributed by atoms with Crippen molar-refractivity contribution in [3.05, 3.63) is 12.7 Å². The van der Waals surface area contributed by atoms with E-state index in [1.807, 2.05) is 6.92 Å². The lowest BCUT2D eigenvalue weighted by Crippen LogP contribution is -2.16. The molecule has 0 saturated heterocycles. The van der Waals surface area contributed by atoms with Crippen LogP contribution in [0.15, 0.2) is 12.7 Å². The van der Waals surface area contributed by atoms with Crippen molar-refractivity contribution in [1.29, 1.82) is 0 Å². The quantitative estimate of drug-likeness (QED) is 0.311. The molecule has 1 atom stereocenters. The van der Waals surface area contributed by atoms with E-state index in [9.17, 15) is 9.59 Å². The Kier molecular flexibility index (Phi) is 11.9. The molecule has 0 N–H and O–H groups in total. The molecule has 4 heteroatoms. The number of hydrogen-bond donors (Lipinski definition) is 0. The summed E-state index contributed by atoms with van der Waals surface area (Å²) >= 11 is 0. The van der Waals surface area contributed by atoms with E-state index in [-0.39, 0.29) is 30.9 Å². The summed E-state index contributed by atoms with van der Waals surface area (Å²) in [4.78, 5) is 22.9. The Hall–Kier alpha value is -1.32. The fourth-order valence-corrected chi connectivity index (χ4v) is 1.71. The largest absolute Gasteiger partial charge is 0.466 e. The van der Waals surface area contributed by atoms with Crippen LogP contribution in [0.5, 0.6) is 0 Å². The number of rotatable bonds is 12. The minimum Gasteiger partial charge on any atom is -0.466 e. The normalized spacial score (nSPS) is 11.7. The van der Waals surface area contributed by atoms with Crippen LogP contribution in [0.3, 0.4) is 0 Å². The molecule has 0 spiro atoms. The van der Waals surface area contributed by atoms with Gasteiger partial charge in [-0.25, -0.2) is 0 Å². The standard InChI is InChI=1S/C16H28O4/c1-4-6-8-10-14(3)20-16(18)12-11-15(17)19-13-9-7-5-2/h5,14H,2,4,6-13H2,1,3H3. The number of allylic oxidation sites excluding steroid dienone is 1. The van der Waals surface area contributed by atoms with Gasteiger partial charge in [0, 0.05) is 0 Å². The van der Waals surface area contributed by atoms with Crippen molar-refractivity contribution >= 4 is 11.9 Å². The zero-order valence-corrected chi connectivity index (χ0v) is 12.9. The molecule has 0 rings (SSSR count). The van der Waals surface area contributed by atoms with Crippen molar-refractivity contribution in [2.75, 3.05) is 6.61 Å². The Morgan fingerprint density at radius 3 is 2.50 bits per heavy atom. The van der Waals surface area contributed by atoms with Gasteiger partial charge in [-0.05, 0) is 32.6 Å². The van der Waals surface area contributed by atoms with Gasteiger partial charge in [-0.1, -0.05) is 25.8 Å². The van der Waals surface area contributed by atoms with Crippen molar-refractivity contribution in [2.24, 2.45) is 0 Å². The molecule has 116 valence electrons. The molecule has 0 aliphatic rings. The minimum absolute atomic E-state index is 0.0716. The Balaban J connectivity index is 3.60. The van der Waals surface area contributed by atoms with Gasteiger partial charge in [0.1, 0.15) is 0 Å². The molecule has 0 bridgehead atoms. The molecule has 0 saturated carbocycles. The van der Waals surface area contributed by atoms with Crippen LogP contribution in [0.2, 0.25) is 0 Å². The first kappa shape index (κ1) is 18.7. The van der Waals surface area contributed by atoms with Crippen molar-refractivity contribution in [1.82, 2.24) is 0 Å². The molecule has 4 nitrogen and oxygen atoms in total. The predicted molar refractivity (Wildman–Crippen MR) is 79.3 cm³/mol. The van der Waals surface area contributed by atoms with E-state index in [1.54, 1.807) is 6.08 Å². The Morgan fingerprint density at radius 2 is 1.85 bits per heavy atom. The fourth-order valence-electron chi connectivity index (χ4n) is 1.71. The molecule has 0 aliphatic carbocycles. The van der Waals surface area contributed by atoms with Crippen LogP contribution >= 0.6 is 0 Å². The second-order valence-electron chi connectivity index (χ2n) is 4.95. The Bertz CT molecular complexity index is 286. The van der Waals surface area contributed by atoms with Crippen molar-refractivity contribution in [3.8, 4) is 0 Å². The Morgan fingerprint density at radius 1 is 1.15 bits per heavy atom. The topological polar surface area (TPSA) is 52.6 Å². The molecule has 0 fully saturated rings. The summed E-state index contributed by atoms with van der Waals surface area (Å²) in [5.41, 5.74) is 0. The minimum atomic E-state index is -0.343. The summed E-state index contributed by atoms with van der Waals surface area (Å²) in [7, 11) is 0. The third-order valence-corrected chi connectivity index (χ3v) is 2.90. The SMILES string of the molecule is C=CCCCOC(=O)CCC(=O)OC(C)CCCCC. The lowest BCUT2D eigenvalue weighted by molar-refractivity contribution is -0.153. The van der Waals surface area contributed by atoms with Crippen LogP contribution < -0.4 is 0 Å². The van der Waals surface area contributed by atoms with Gasteiger partial charge in [-0.3, -0.25) is 9.59 Å². The van der Waals surface area contributed by atoms with Crippen molar-refractivity contribution in [3.63, 3.8) is 0 Å². The first-order valence-electron chi connectivity index (χ1n) is 7.56. The highest BCUT2D eigenvalue weighted by molar-refractivity contribution is 5.77. The number of carbonyl (C=O) groups excluding carboxylic acids is 2. The molecule has 0 aliphatic heterocycles. The van der Waals surface area contributed by atoms with E-state index in [0.29, 0.717) is 6.61 Å². The third kappa shape index (κ3) is 11.8. The van der Waals surface area contributed by atoms with Gasteiger partial charge >= 0.3 is 11.9 Å². The number of hydrogen-bond acceptors (Lipinski definition) is 4. The summed E-state index contributed by atoms with van der Waals surface area (Å²) in [6.45, 7) is 8.00. The van der Waals surface area contributed by atoms with E-state index in [2.05, 4.69) is 13.5 Å². The molecule has 20 heavy (non-hydrogen) atoms. The lowest BCUT2D eigenvalue weighted by atomic mass is 10.1. The van der Waals surface area contributed by atoms with Gasteiger partial charge in [-0.15, -0.1) is 6.58 Å². The van der Waals surface area contributed by atoms with E-state index in [0.717, 1.165) is 38.5 Å². The molecule has 0 heterocycles. The van der Waals surface area contributed by atoms with Crippen LogP contribution in [0, 0.1) is 0 Å². The first-order valence-corrected chi connectivity index (χ1v) is 7.56. The molecular formula is C16H28O4. The summed E-state index contributed by atoms with van der Waals surface area (Å²) in [5, 5.41) is 0. The zero-order valence-electron chi connectivity index (χ0n) is 12.9. The first-order chi connectivity index (χ1) is 9.60. The van der Waals surface area contributed by atoms with Crippen LogP contribution in [-0.2, 0) is 19.1 Å². The zero-order chi connectivity index (χ0) is 15.2. The summed E-state index contributed by atoms with van der Waals surface area (Å²) < 4.78 is 10.2. The summed E-state index contributed by atoms with van der Waals surface area (Å²) in [6.07, 6.45) is 7.74. The van der Waals surface area contributed by atoms with Crippen LogP contribution in [-0.4, -0.2) is 24.6 Å². The highest BCUT2D eigenvalue weighted by atomic mass is 16.5. The molecule has 0 aromatic heterocycles. The number of esters is 2. The summed E-state index contributed by atoms with van der Waals surface area (Å²) in [5.74, 6) is -0.665. The van der Waals surface area contributed by atoms with E-state index < -0.39 is 0 Å². The maximum atomic E-state index is 11.5. The Labute approximate surface area is 122 Å². The van der Waals surface area contributed by atoms with Gasteiger partial charge in [-0.2, -0.15) is 0 Å². The molecular weight excluding hydrogens is 256 g/mol. The average Bonchev–Trinajstić information content (AvgIpc) is 2.41.